The summed E-state index contributed by atoms with van der Waals surface area (Å²) in [5.74, 6) is 1.07. The summed E-state index contributed by atoms with van der Waals surface area (Å²) < 4.78 is 5.27. The van der Waals surface area contributed by atoms with Crippen LogP contribution in [0, 0.1) is 0 Å². The van der Waals surface area contributed by atoms with Crippen LogP contribution >= 0.6 is 0 Å². The van der Waals surface area contributed by atoms with Gasteiger partial charge in [0.1, 0.15) is 5.69 Å². The quantitative estimate of drug-likeness (QED) is 0.786. The van der Waals surface area contributed by atoms with E-state index in [-0.39, 0.29) is 6.04 Å². The van der Waals surface area contributed by atoms with Gasteiger partial charge in [-0.2, -0.15) is 4.98 Å². The molecular formula is C15H16N4O. The van der Waals surface area contributed by atoms with Gasteiger partial charge >= 0.3 is 0 Å². The van der Waals surface area contributed by atoms with Crippen molar-refractivity contribution in [2.75, 3.05) is 0 Å². The molecule has 20 heavy (non-hydrogen) atoms. The first-order valence-corrected chi connectivity index (χ1v) is 6.70. The molecule has 0 saturated carbocycles. The third kappa shape index (κ3) is 2.53. The van der Waals surface area contributed by atoms with Gasteiger partial charge in [0.25, 0.3) is 5.89 Å². The highest BCUT2D eigenvalue weighted by atomic mass is 16.5. The zero-order valence-corrected chi connectivity index (χ0v) is 11.3. The Hall–Kier alpha value is -2.27. The molecule has 0 aliphatic carbocycles. The van der Waals surface area contributed by atoms with Crippen LogP contribution in [0.4, 0.5) is 0 Å². The lowest BCUT2D eigenvalue weighted by molar-refractivity contribution is 0.418. The first-order chi connectivity index (χ1) is 9.76. The molecule has 3 rings (SSSR count). The molecule has 3 aromatic rings. The van der Waals surface area contributed by atoms with Gasteiger partial charge in [-0.3, -0.25) is 0 Å². The number of hydrogen-bond acceptors (Lipinski definition) is 5. The smallest absolute Gasteiger partial charge is 0.276 e. The molecule has 2 aromatic heterocycles. The number of benzene rings is 1. The summed E-state index contributed by atoms with van der Waals surface area (Å²) in [7, 11) is 0. The van der Waals surface area contributed by atoms with Crippen LogP contribution in [0.15, 0.2) is 40.9 Å². The fourth-order valence-electron chi connectivity index (χ4n) is 2.00. The fraction of sp³-hybridized carbons (Fsp3) is 0.267. The largest absolute Gasteiger partial charge is 0.332 e. The van der Waals surface area contributed by atoms with E-state index in [2.05, 4.69) is 15.1 Å². The average molecular weight is 268 g/mol. The minimum absolute atomic E-state index is 0.0602. The molecular weight excluding hydrogens is 252 g/mol. The van der Waals surface area contributed by atoms with E-state index < -0.39 is 0 Å². The molecule has 1 atom stereocenters. The van der Waals surface area contributed by atoms with Gasteiger partial charge in [-0.25, -0.2) is 4.98 Å². The highest BCUT2D eigenvalue weighted by Crippen LogP contribution is 2.19. The molecule has 1 aromatic carbocycles. The van der Waals surface area contributed by atoms with Crippen molar-refractivity contribution in [3.63, 3.8) is 0 Å². The molecule has 0 fully saturated rings. The molecule has 0 spiro atoms. The van der Waals surface area contributed by atoms with E-state index in [9.17, 15) is 0 Å². The second kappa shape index (κ2) is 5.38. The normalized spacial score (nSPS) is 12.7. The molecule has 0 bridgehead atoms. The number of hydrogen-bond donors (Lipinski definition) is 1. The fourth-order valence-corrected chi connectivity index (χ4v) is 2.00. The van der Waals surface area contributed by atoms with E-state index in [1.807, 2.05) is 43.3 Å². The van der Waals surface area contributed by atoms with Crippen molar-refractivity contribution in [1.29, 1.82) is 0 Å². The Balaban J connectivity index is 1.91. The summed E-state index contributed by atoms with van der Waals surface area (Å²) in [6.45, 7) is 2.04. The van der Waals surface area contributed by atoms with Crippen molar-refractivity contribution < 1.29 is 4.52 Å². The number of rotatable bonds is 4. The summed E-state index contributed by atoms with van der Waals surface area (Å²) in [5, 5.41) is 5.04. The van der Waals surface area contributed by atoms with Gasteiger partial charge in [0.15, 0.2) is 5.82 Å². The third-order valence-corrected chi connectivity index (χ3v) is 3.25. The number of para-hydroxylation sites is 1. The Kier molecular flexibility index (Phi) is 3.43. The summed E-state index contributed by atoms with van der Waals surface area (Å²) in [6, 6.07) is 11.9. The van der Waals surface area contributed by atoms with Gasteiger partial charge in [0.2, 0.25) is 0 Å². The lowest BCUT2D eigenvalue weighted by Gasteiger charge is -2.02. The Morgan fingerprint density at radius 3 is 2.85 bits per heavy atom. The van der Waals surface area contributed by atoms with E-state index in [1.54, 1.807) is 0 Å². The van der Waals surface area contributed by atoms with Gasteiger partial charge in [-0.05, 0) is 18.6 Å². The molecule has 1 unspecified atom stereocenters. The molecule has 0 aliphatic heterocycles. The van der Waals surface area contributed by atoms with Gasteiger partial charge in [0, 0.05) is 17.8 Å². The minimum Gasteiger partial charge on any atom is -0.332 e. The van der Waals surface area contributed by atoms with Crippen LogP contribution in [-0.2, 0) is 6.42 Å². The molecule has 102 valence electrons. The summed E-state index contributed by atoms with van der Waals surface area (Å²) in [6.07, 6.45) is 1.51. The Bertz CT molecular complexity index is 722. The molecule has 0 saturated heterocycles. The van der Waals surface area contributed by atoms with Crippen molar-refractivity contribution in [2.45, 2.75) is 25.8 Å². The lowest BCUT2D eigenvalue weighted by Crippen LogP contribution is -2.21. The Morgan fingerprint density at radius 1 is 1.15 bits per heavy atom. The number of aromatic nitrogens is 3. The first-order valence-electron chi connectivity index (χ1n) is 6.70. The average Bonchev–Trinajstić information content (AvgIpc) is 2.95. The van der Waals surface area contributed by atoms with Gasteiger partial charge in [-0.15, -0.1) is 0 Å². The molecule has 5 heteroatoms. The maximum atomic E-state index is 5.89. The monoisotopic (exact) mass is 268 g/mol. The van der Waals surface area contributed by atoms with Gasteiger partial charge in [-0.1, -0.05) is 36.3 Å². The maximum Gasteiger partial charge on any atom is 0.276 e. The highest BCUT2D eigenvalue weighted by molar-refractivity contribution is 5.80. The van der Waals surface area contributed by atoms with Crippen LogP contribution in [0.5, 0.6) is 0 Å². The molecule has 2 N–H and O–H groups in total. The molecule has 0 aliphatic rings. The third-order valence-electron chi connectivity index (χ3n) is 3.25. The van der Waals surface area contributed by atoms with E-state index in [0.29, 0.717) is 23.8 Å². The minimum atomic E-state index is 0.0602. The molecule has 5 nitrogen and oxygen atoms in total. The van der Waals surface area contributed by atoms with Crippen LogP contribution < -0.4 is 5.73 Å². The molecule has 0 amide bonds. The van der Waals surface area contributed by atoms with E-state index in [1.165, 1.54) is 0 Å². The number of nitrogens with zero attached hydrogens (tertiary/aromatic N) is 3. The van der Waals surface area contributed by atoms with Crippen molar-refractivity contribution in [3.8, 4) is 11.6 Å². The van der Waals surface area contributed by atoms with Crippen molar-refractivity contribution >= 4 is 10.9 Å². The first kappa shape index (κ1) is 12.7. The number of pyridine rings is 1. The standard InChI is InChI=1S/C15H16N4O/c1-2-11(16)9-14-18-15(20-19-14)13-8-7-10-5-3-4-6-12(10)17-13/h3-8,11H,2,9,16H2,1H3. The van der Waals surface area contributed by atoms with Gasteiger partial charge < -0.3 is 10.3 Å². The predicted octanol–water partition coefficient (Wildman–Crippen LogP) is 2.56. The number of fused-ring (bicyclic) bond motifs is 1. The Morgan fingerprint density at radius 2 is 2.00 bits per heavy atom. The van der Waals surface area contributed by atoms with Crippen molar-refractivity contribution in [3.05, 3.63) is 42.2 Å². The van der Waals surface area contributed by atoms with Crippen LogP contribution in [0.3, 0.4) is 0 Å². The van der Waals surface area contributed by atoms with Crippen LogP contribution in [-0.4, -0.2) is 21.2 Å². The van der Waals surface area contributed by atoms with Crippen LogP contribution in [0.25, 0.3) is 22.5 Å². The lowest BCUT2D eigenvalue weighted by atomic mass is 10.1. The zero-order valence-electron chi connectivity index (χ0n) is 11.3. The molecule has 2 heterocycles. The summed E-state index contributed by atoms with van der Waals surface area (Å²) in [5.41, 5.74) is 7.49. The second-order valence-electron chi connectivity index (χ2n) is 4.78. The van der Waals surface area contributed by atoms with Crippen LogP contribution in [0.2, 0.25) is 0 Å². The van der Waals surface area contributed by atoms with Crippen molar-refractivity contribution in [1.82, 2.24) is 15.1 Å². The zero-order chi connectivity index (χ0) is 13.9. The summed E-state index contributed by atoms with van der Waals surface area (Å²) in [4.78, 5) is 8.89. The molecule has 0 radical (unpaired) electrons. The SMILES string of the molecule is CCC(N)Cc1noc(-c2ccc3ccccc3n2)n1. The topological polar surface area (TPSA) is 77.8 Å². The second-order valence-corrected chi connectivity index (χ2v) is 4.78. The van der Waals surface area contributed by atoms with Gasteiger partial charge in [0.05, 0.1) is 5.52 Å². The Labute approximate surface area is 116 Å². The van der Waals surface area contributed by atoms with Crippen molar-refractivity contribution in [2.24, 2.45) is 5.73 Å². The maximum absolute atomic E-state index is 5.89. The summed E-state index contributed by atoms with van der Waals surface area (Å²) >= 11 is 0. The van der Waals surface area contributed by atoms with E-state index in [0.717, 1.165) is 17.3 Å². The number of nitrogens with two attached hydrogens (primary N) is 1. The van der Waals surface area contributed by atoms with E-state index >= 15 is 0 Å². The van der Waals surface area contributed by atoms with E-state index in [4.69, 9.17) is 10.3 Å². The van der Waals surface area contributed by atoms with Crippen LogP contribution in [0.1, 0.15) is 19.2 Å². The highest BCUT2D eigenvalue weighted by Gasteiger charge is 2.12. The predicted molar refractivity (Wildman–Crippen MR) is 77.0 cm³/mol.